The minimum Gasteiger partial charge on any atom is -0.354 e. The number of rotatable bonds is 2. The molecule has 1 saturated heterocycles. The normalized spacial score (nSPS) is 20.1. The van der Waals surface area contributed by atoms with Crippen LogP contribution in [0.1, 0.15) is 26.0 Å². The summed E-state index contributed by atoms with van der Waals surface area (Å²) in [6, 6.07) is 0. The molecule has 0 aliphatic carbocycles. The molecule has 1 aromatic rings. The van der Waals surface area contributed by atoms with Gasteiger partial charge in [0.05, 0.1) is 5.69 Å². The molecule has 0 atom stereocenters. The average molecular weight is 252 g/mol. The van der Waals surface area contributed by atoms with Crippen LogP contribution in [0.15, 0.2) is 12.4 Å². The molecule has 1 fully saturated rings. The first-order valence-corrected chi connectivity index (χ1v) is 7.00. The molecule has 0 amide bonds. The lowest BCUT2D eigenvalue weighted by Crippen LogP contribution is -2.29. The zero-order valence-electron chi connectivity index (χ0n) is 10.5. The summed E-state index contributed by atoms with van der Waals surface area (Å²) in [5.41, 5.74) is 6.62. The maximum Gasteiger partial charge on any atom is 0.151 e. The second kappa shape index (κ2) is 5.23. The fourth-order valence-corrected chi connectivity index (χ4v) is 3.10. The Morgan fingerprint density at radius 1 is 1.35 bits per heavy atom. The molecule has 1 aliphatic rings. The maximum absolute atomic E-state index is 5.72. The highest BCUT2D eigenvalue weighted by Crippen LogP contribution is 2.32. The van der Waals surface area contributed by atoms with Gasteiger partial charge in [0.25, 0.3) is 0 Å². The molecule has 0 saturated carbocycles. The Balaban J connectivity index is 2.17. The number of hydrogen-bond acceptors (Lipinski definition) is 5. The smallest absolute Gasteiger partial charge is 0.151 e. The Bertz CT molecular complexity index is 381. The van der Waals surface area contributed by atoms with Crippen LogP contribution in [0.5, 0.6) is 0 Å². The van der Waals surface area contributed by atoms with Crippen LogP contribution in [0.4, 0.5) is 5.82 Å². The standard InChI is InChI=1S/C12H20N4S/c1-12(2)3-6-16(7-8-17-12)11-10(9-13)14-4-5-15-11/h4-5H,3,6-9,13H2,1-2H3. The molecule has 2 heterocycles. The zero-order chi connectivity index (χ0) is 12.3. The van der Waals surface area contributed by atoms with E-state index in [0.29, 0.717) is 11.3 Å². The minimum atomic E-state index is 0.361. The molecule has 2 rings (SSSR count). The molecular formula is C12H20N4S. The summed E-state index contributed by atoms with van der Waals surface area (Å²) < 4.78 is 0.361. The van der Waals surface area contributed by atoms with Crippen molar-refractivity contribution in [3.05, 3.63) is 18.1 Å². The van der Waals surface area contributed by atoms with Gasteiger partial charge in [-0.05, 0) is 6.42 Å². The van der Waals surface area contributed by atoms with E-state index in [1.807, 2.05) is 11.8 Å². The zero-order valence-corrected chi connectivity index (χ0v) is 11.3. The van der Waals surface area contributed by atoms with Gasteiger partial charge in [0, 0.05) is 42.5 Å². The van der Waals surface area contributed by atoms with Crippen molar-refractivity contribution in [2.24, 2.45) is 5.73 Å². The molecule has 4 nitrogen and oxygen atoms in total. The number of anilines is 1. The molecule has 0 aromatic carbocycles. The average Bonchev–Trinajstić information content (AvgIpc) is 2.50. The summed E-state index contributed by atoms with van der Waals surface area (Å²) in [6.07, 6.45) is 4.62. The lowest BCUT2D eigenvalue weighted by molar-refractivity contribution is 0.632. The predicted molar refractivity (Wildman–Crippen MR) is 73.3 cm³/mol. The van der Waals surface area contributed by atoms with Crippen LogP contribution in [0.2, 0.25) is 0 Å². The van der Waals surface area contributed by atoms with Crippen LogP contribution in [0.3, 0.4) is 0 Å². The molecule has 0 bridgehead atoms. The summed E-state index contributed by atoms with van der Waals surface area (Å²) in [7, 11) is 0. The lowest BCUT2D eigenvalue weighted by Gasteiger charge is -2.24. The van der Waals surface area contributed by atoms with Gasteiger partial charge in [-0.3, -0.25) is 4.98 Å². The Kier molecular flexibility index (Phi) is 3.89. The second-order valence-corrected chi connectivity index (χ2v) is 6.68. The van der Waals surface area contributed by atoms with Crippen molar-refractivity contribution in [2.45, 2.75) is 31.6 Å². The van der Waals surface area contributed by atoms with Gasteiger partial charge in [0.1, 0.15) is 0 Å². The van der Waals surface area contributed by atoms with E-state index in [9.17, 15) is 0 Å². The van der Waals surface area contributed by atoms with Crippen molar-refractivity contribution in [3.63, 3.8) is 0 Å². The third kappa shape index (κ3) is 3.10. The fourth-order valence-electron chi connectivity index (χ4n) is 2.00. The quantitative estimate of drug-likeness (QED) is 0.867. The van der Waals surface area contributed by atoms with Crippen molar-refractivity contribution < 1.29 is 0 Å². The van der Waals surface area contributed by atoms with Crippen LogP contribution in [-0.2, 0) is 6.54 Å². The fraction of sp³-hybridized carbons (Fsp3) is 0.667. The molecule has 1 aliphatic heterocycles. The van der Waals surface area contributed by atoms with Gasteiger partial charge < -0.3 is 10.6 Å². The molecule has 0 spiro atoms. The highest BCUT2D eigenvalue weighted by molar-refractivity contribution is 8.00. The highest BCUT2D eigenvalue weighted by Gasteiger charge is 2.25. The molecular weight excluding hydrogens is 232 g/mol. The number of hydrogen-bond donors (Lipinski definition) is 1. The van der Waals surface area contributed by atoms with Crippen LogP contribution < -0.4 is 10.6 Å². The molecule has 0 radical (unpaired) electrons. The van der Waals surface area contributed by atoms with Gasteiger partial charge in [0.2, 0.25) is 0 Å². The largest absolute Gasteiger partial charge is 0.354 e. The summed E-state index contributed by atoms with van der Waals surface area (Å²) in [5.74, 6) is 2.10. The molecule has 94 valence electrons. The minimum absolute atomic E-state index is 0.361. The molecule has 2 N–H and O–H groups in total. The molecule has 1 aromatic heterocycles. The van der Waals surface area contributed by atoms with Crippen molar-refractivity contribution in [1.29, 1.82) is 0 Å². The number of aromatic nitrogens is 2. The topological polar surface area (TPSA) is 55.0 Å². The van der Waals surface area contributed by atoms with Crippen LogP contribution in [0, 0.1) is 0 Å². The number of thioether (sulfide) groups is 1. The highest BCUT2D eigenvalue weighted by atomic mass is 32.2. The number of nitrogens with two attached hydrogens (primary N) is 1. The van der Waals surface area contributed by atoms with E-state index in [1.165, 1.54) is 0 Å². The summed E-state index contributed by atoms with van der Waals surface area (Å²) >= 11 is 2.03. The Morgan fingerprint density at radius 2 is 2.12 bits per heavy atom. The van der Waals surface area contributed by atoms with Crippen LogP contribution in [0.25, 0.3) is 0 Å². The molecule has 17 heavy (non-hydrogen) atoms. The summed E-state index contributed by atoms with van der Waals surface area (Å²) in [5, 5.41) is 0. The molecule has 5 heteroatoms. The summed E-state index contributed by atoms with van der Waals surface area (Å²) in [6.45, 7) is 7.13. The van der Waals surface area contributed by atoms with Crippen molar-refractivity contribution >= 4 is 17.6 Å². The Morgan fingerprint density at radius 3 is 2.88 bits per heavy atom. The van der Waals surface area contributed by atoms with E-state index in [1.54, 1.807) is 12.4 Å². The van der Waals surface area contributed by atoms with Crippen LogP contribution in [-0.4, -0.2) is 33.6 Å². The number of nitrogens with zero attached hydrogens (tertiary/aromatic N) is 3. The maximum atomic E-state index is 5.72. The van der Waals surface area contributed by atoms with Gasteiger partial charge in [0.15, 0.2) is 5.82 Å². The van der Waals surface area contributed by atoms with E-state index in [2.05, 4.69) is 28.7 Å². The van der Waals surface area contributed by atoms with Gasteiger partial charge in [-0.25, -0.2) is 4.98 Å². The predicted octanol–water partition coefficient (Wildman–Crippen LogP) is 1.66. The van der Waals surface area contributed by atoms with Gasteiger partial charge >= 0.3 is 0 Å². The molecule has 0 unspecified atom stereocenters. The van der Waals surface area contributed by atoms with Crippen molar-refractivity contribution in [3.8, 4) is 0 Å². The second-order valence-electron chi connectivity index (χ2n) is 4.88. The van der Waals surface area contributed by atoms with Crippen LogP contribution >= 0.6 is 11.8 Å². The summed E-state index contributed by atoms with van der Waals surface area (Å²) in [4.78, 5) is 11.1. The van der Waals surface area contributed by atoms with Crippen molar-refractivity contribution in [1.82, 2.24) is 9.97 Å². The monoisotopic (exact) mass is 252 g/mol. The first-order valence-electron chi connectivity index (χ1n) is 6.01. The van der Waals surface area contributed by atoms with E-state index < -0.39 is 0 Å². The third-order valence-corrected chi connectivity index (χ3v) is 4.45. The van der Waals surface area contributed by atoms with Gasteiger partial charge in [-0.15, -0.1) is 0 Å². The van der Waals surface area contributed by atoms with Crippen molar-refractivity contribution in [2.75, 3.05) is 23.7 Å². The van der Waals surface area contributed by atoms with Gasteiger partial charge in [-0.1, -0.05) is 13.8 Å². The lowest BCUT2D eigenvalue weighted by atomic mass is 10.1. The van der Waals surface area contributed by atoms with E-state index in [4.69, 9.17) is 5.73 Å². The Hall–Kier alpha value is -0.810. The van der Waals surface area contributed by atoms with E-state index in [-0.39, 0.29) is 0 Å². The van der Waals surface area contributed by atoms with E-state index in [0.717, 1.165) is 36.8 Å². The third-order valence-electron chi connectivity index (χ3n) is 3.08. The van der Waals surface area contributed by atoms with E-state index >= 15 is 0 Å². The first kappa shape index (κ1) is 12.6. The van der Waals surface area contributed by atoms with Gasteiger partial charge in [-0.2, -0.15) is 11.8 Å². The SMILES string of the molecule is CC1(C)CCN(c2nccnc2CN)CCS1. The first-order chi connectivity index (χ1) is 8.12. The Labute approximate surface area is 107 Å².